The first-order valence-corrected chi connectivity index (χ1v) is 4.51. The molecule has 1 aromatic rings. The van der Waals surface area contributed by atoms with Gasteiger partial charge in [-0.05, 0) is 12.0 Å². The summed E-state index contributed by atoms with van der Waals surface area (Å²) in [5, 5.41) is 9.50. The van der Waals surface area contributed by atoms with Crippen molar-refractivity contribution in [3.05, 3.63) is 35.9 Å². The minimum atomic E-state index is -0.662. The van der Waals surface area contributed by atoms with Gasteiger partial charge >= 0.3 is 5.97 Å². The summed E-state index contributed by atoms with van der Waals surface area (Å²) in [6.07, 6.45) is -0.133. The monoisotopic (exact) mass is 194 g/mol. The minimum absolute atomic E-state index is 0.0470. The van der Waals surface area contributed by atoms with Crippen LogP contribution in [-0.2, 0) is 16.0 Å². The molecule has 1 N–H and O–H groups in total. The molecule has 1 rings (SSSR count). The standard InChI is InChI=1S/C11H14O3/c1-14-11(13)8-10(12)7-9-5-3-2-4-6-9/h2-6,10,12H,7-8H2,1H3/t10-/m1/s1. The minimum Gasteiger partial charge on any atom is -0.469 e. The van der Waals surface area contributed by atoms with E-state index in [0.717, 1.165) is 5.56 Å². The van der Waals surface area contributed by atoms with E-state index in [1.165, 1.54) is 7.11 Å². The molecule has 0 heterocycles. The number of ether oxygens (including phenoxy) is 1. The lowest BCUT2D eigenvalue weighted by Crippen LogP contribution is -2.16. The zero-order chi connectivity index (χ0) is 10.4. The lowest BCUT2D eigenvalue weighted by molar-refractivity contribution is -0.142. The number of hydrogen-bond donors (Lipinski definition) is 1. The molecule has 1 atom stereocenters. The maximum absolute atomic E-state index is 10.8. The van der Waals surface area contributed by atoms with Crippen LogP contribution in [-0.4, -0.2) is 24.3 Å². The van der Waals surface area contributed by atoms with E-state index in [-0.39, 0.29) is 12.4 Å². The summed E-state index contributed by atoms with van der Waals surface area (Å²) >= 11 is 0. The van der Waals surface area contributed by atoms with Crippen LogP contribution in [0.1, 0.15) is 12.0 Å². The second-order valence-corrected chi connectivity index (χ2v) is 3.12. The van der Waals surface area contributed by atoms with Gasteiger partial charge in [0.15, 0.2) is 0 Å². The SMILES string of the molecule is COC(=O)C[C@H](O)Cc1ccccc1. The summed E-state index contributed by atoms with van der Waals surface area (Å²) in [5.41, 5.74) is 1.02. The summed E-state index contributed by atoms with van der Waals surface area (Å²) in [6.45, 7) is 0. The molecular weight excluding hydrogens is 180 g/mol. The second kappa shape index (κ2) is 5.40. The van der Waals surface area contributed by atoms with E-state index >= 15 is 0 Å². The van der Waals surface area contributed by atoms with Gasteiger partial charge in [-0.25, -0.2) is 0 Å². The molecule has 0 saturated heterocycles. The van der Waals surface area contributed by atoms with Crippen molar-refractivity contribution in [2.45, 2.75) is 18.9 Å². The summed E-state index contributed by atoms with van der Waals surface area (Å²) in [6, 6.07) is 9.55. The molecule has 0 saturated carbocycles. The van der Waals surface area contributed by atoms with E-state index in [1.54, 1.807) is 0 Å². The van der Waals surface area contributed by atoms with Crippen LogP contribution in [0.25, 0.3) is 0 Å². The van der Waals surface area contributed by atoms with Gasteiger partial charge in [-0.3, -0.25) is 4.79 Å². The average molecular weight is 194 g/mol. The van der Waals surface area contributed by atoms with Gasteiger partial charge in [-0.2, -0.15) is 0 Å². The third-order valence-electron chi connectivity index (χ3n) is 1.94. The van der Waals surface area contributed by atoms with Gasteiger partial charge in [0.25, 0.3) is 0 Å². The fraction of sp³-hybridized carbons (Fsp3) is 0.364. The number of esters is 1. The van der Waals surface area contributed by atoms with Crippen LogP contribution in [0.2, 0.25) is 0 Å². The average Bonchev–Trinajstić information content (AvgIpc) is 2.19. The van der Waals surface area contributed by atoms with Crippen LogP contribution in [0, 0.1) is 0 Å². The molecule has 0 aliphatic heterocycles. The number of methoxy groups -OCH3 is 1. The fourth-order valence-electron chi connectivity index (χ4n) is 1.23. The van der Waals surface area contributed by atoms with Crippen molar-refractivity contribution in [1.29, 1.82) is 0 Å². The van der Waals surface area contributed by atoms with Gasteiger partial charge in [0.1, 0.15) is 0 Å². The van der Waals surface area contributed by atoms with E-state index in [9.17, 15) is 9.90 Å². The first-order chi connectivity index (χ1) is 6.72. The molecule has 3 heteroatoms. The van der Waals surface area contributed by atoms with E-state index in [0.29, 0.717) is 6.42 Å². The lowest BCUT2D eigenvalue weighted by Gasteiger charge is -2.08. The van der Waals surface area contributed by atoms with Gasteiger partial charge in [-0.1, -0.05) is 30.3 Å². The Hall–Kier alpha value is -1.35. The maximum atomic E-state index is 10.8. The Bertz CT molecular complexity index is 282. The van der Waals surface area contributed by atoms with Crippen molar-refractivity contribution in [3.8, 4) is 0 Å². The van der Waals surface area contributed by atoms with E-state index < -0.39 is 6.10 Å². The lowest BCUT2D eigenvalue weighted by atomic mass is 10.1. The highest BCUT2D eigenvalue weighted by Crippen LogP contribution is 2.05. The summed E-state index contributed by atoms with van der Waals surface area (Å²) < 4.78 is 4.46. The number of rotatable bonds is 4. The predicted octanol–water partition coefficient (Wildman–Crippen LogP) is 1.15. The molecular formula is C11H14O3. The Morgan fingerprint density at radius 3 is 2.64 bits per heavy atom. The quantitative estimate of drug-likeness (QED) is 0.731. The molecule has 0 radical (unpaired) electrons. The van der Waals surface area contributed by atoms with Gasteiger partial charge in [0, 0.05) is 0 Å². The normalized spacial score (nSPS) is 12.1. The van der Waals surface area contributed by atoms with E-state index in [1.807, 2.05) is 30.3 Å². The largest absolute Gasteiger partial charge is 0.469 e. The van der Waals surface area contributed by atoms with E-state index in [2.05, 4.69) is 4.74 Å². The molecule has 0 aromatic heterocycles. The van der Waals surface area contributed by atoms with Crippen LogP contribution in [0.5, 0.6) is 0 Å². The molecule has 1 aromatic carbocycles. The third-order valence-corrected chi connectivity index (χ3v) is 1.94. The zero-order valence-electron chi connectivity index (χ0n) is 8.14. The number of benzene rings is 1. The van der Waals surface area contributed by atoms with Crippen LogP contribution >= 0.6 is 0 Å². The highest BCUT2D eigenvalue weighted by Gasteiger charge is 2.10. The van der Waals surface area contributed by atoms with Crippen LogP contribution in [0.4, 0.5) is 0 Å². The summed E-state index contributed by atoms with van der Waals surface area (Å²) in [7, 11) is 1.32. The van der Waals surface area contributed by atoms with Crippen molar-refractivity contribution in [1.82, 2.24) is 0 Å². The molecule has 0 aliphatic carbocycles. The van der Waals surface area contributed by atoms with Crippen LogP contribution < -0.4 is 0 Å². The highest BCUT2D eigenvalue weighted by atomic mass is 16.5. The first-order valence-electron chi connectivity index (χ1n) is 4.51. The smallest absolute Gasteiger partial charge is 0.308 e. The number of carbonyl (C=O) groups is 1. The molecule has 3 nitrogen and oxygen atoms in total. The molecule has 76 valence electrons. The van der Waals surface area contributed by atoms with Gasteiger partial charge in [0.05, 0.1) is 19.6 Å². The Morgan fingerprint density at radius 2 is 2.07 bits per heavy atom. The van der Waals surface area contributed by atoms with Crippen molar-refractivity contribution in [2.75, 3.05) is 7.11 Å². The van der Waals surface area contributed by atoms with Crippen LogP contribution in [0.15, 0.2) is 30.3 Å². The van der Waals surface area contributed by atoms with Gasteiger partial charge in [-0.15, -0.1) is 0 Å². The van der Waals surface area contributed by atoms with Gasteiger partial charge < -0.3 is 9.84 Å². The molecule has 0 unspecified atom stereocenters. The Kier molecular flexibility index (Phi) is 4.13. The summed E-state index contributed by atoms with van der Waals surface area (Å²) in [4.78, 5) is 10.8. The topological polar surface area (TPSA) is 46.5 Å². The Labute approximate surface area is 83.3 Å². The van der Waals surface area contributed by atoms with Crippen molar-refractivity contribution >= 4 is 5.97 Å². The zero-order valence-corrected chi connectivity index (χ0v) is 8.14. The molecule has 0 amide bonds. The highest BCUT2D eigenvalue weighted by molar-refractivity contribution is 5.69. The Morgan fingerprint density at radius 1 is 1.43 bits per heavy atom. The molecule has 0 aliphatic rings. The first kappa shape index (κ1) is 10.7. The molecule has 14 heavy (non-hydrogen) atoms. The van der Waals surface area contributed by atoms with E-state index in [4.69, 9.17) is 0 Å². The van der Waals surface area contributed by atoms with Crippen LogP contribution in [0.3, 0.4) is 0 Å². The third kappa shape index (κ3) is 3.58. The molecule has 0 bridgehead atoms. The number of aliphatic hydroxyl groups excluding tert-OH is 1. The number of aliphatic hydroxyl groups is 1. The van der Waals surface area contributed by atoms with Gasteiger partial charge in [0.2, 0.25) is 0 Å². The predicted molar refractivity (Wildman–Crippen MR) is 52.8 cm³/mol. The van der Waals surface area contributed by atoms with Crippen molar-refractivity contribution < 1.29 is 14.6 Å². The number of carbonyl (C=O) groups excluding carboxylic acids is 1. The molecule has 0 fully saturated rings. The summed E-state index contributed by atoms with van der Waals surface area (Å²) in [5.74, 6) is -0.381. The van der Waals surface area contributed by atoms with Crippen molar-refractivity contribution in [3.63, 3.8) is 0 Å². The Balaban J connectivity index is 2.41. The van der Waals surface area contributed by atoms with Crippen molar-refractivity contribution in [2.24, 2.45) is 0 Å². The molecule has 0 spiro atoms. The second-order valence-electron chi connectivity index (χ2n) is 3.12. The maximum Gasteiger partial charge on any atom is 0.308 e. The number of hydrogen-bond acceptors (Lipinski definition) is 3. The fourth-order valence-corrected chi connectivity index (χ4v) is 1.23.